The molecule has 2 aliphatic rings. The van der Waals surface area contributed by atoms with E-state index >= 15 is 0 Å². The average Bonchev–Trinajstić information content (AvgIpc) is 2.72. The molecule has 3 nitrogen and oxygen atoms in total. The molecule has 1 aliphatic carbocycles. The lowest BCUT2D eigenvalue weighted by atomic mass is 9.69. The van der Waals surface area contributed by atoms with Crippen molar-refractivity contribution < 1.29 is 4.74 Å². The molecule has 1 saturated heterocycles. The maximum absolute atomic E-state index is 9.24. The summed E-state index contributed by atoms with van der Waals surface area (Å²) in [6, 6.07) is 6.54. The Morgan fingerprint density at radius 3 is 2.57 bits per heavy atom. The van der Waals surface area contributed by atoms with Gasteiger partial charge in [0, 0.05) is 11.9 Å². The Bertz CT molecular complexity index is 380. The summed E-state index contributed by atoms with van der Waals surface area (Å²) < 4.78 is 5.32. The van der Waals surface area contributed by atoms with Crippen molar-refractivity contribution in [2.45, 2.75) is 18.3 Å². The zero-order chi connectivity index (χ0) is 9.65. The maximum atomic E-state index is 9.24. The highest BCUT2D eigenvalue weighted by molar-refractivity contribution is 5.35. The third kappa shape index (κ3) is 0.753. The van der Waals surface area contributed by atoms with E-state index in [-0.39, 0.29) is 10.8 Å². The predicted octanol–water partition coefficient (Wildman–Crippen LogP) is 1.59. The number of hydrogen-bond acceptors (Lipinski definition) is 2. The fourth-order valence-electron chi connectivity index (χ4n) is 2.45. The van der Waals surface area contributed by atoms with E-state index in [2.05, 4.69) is 17.1 Å². The third-order valence-electron chi connectivity index (χ3n) is 3.69. The molecular weight excluding hydrogens is 176 g/mol. The van der Waals surface area contributed by atoms with Gasteiger partial charge >= 0.3 is 0 Å². The Labute approximate surface area is 82.7 Å². The van der Waals surface area contributed by atoms with Crippen LogP contribution in [0.15, 0.2) is 18.3 Å². The molecule has 0 atom stereocenters. The monoisotopic (exact) mass is 188 g/mol. The predicted molar refractivity (Wildman–Crippen MR) is 50.6 cm³/mol. The van der Waals surface area contributed by atoms with Crippen LogP contribution in [0.25, 0.3) is 0 Å². The van der Waals surface area contributed by atoms with Crippen LogP contribution in [0.1, 0.15) is 18.5 Å². The Balaban J connectivity index is 2.05. The summed E-state index contributed by atoms with van der Waals surface area (Å²) in [4.78, 5) is 3.23. The molecule has 3 rings (SSSR count). The normalized spacial score (nSPS) is 26.2. The van der Waals surface area contributed by atoms with E-state index in [1.54, 1.807) is 0 Å². The van der Waals surface area contributed by atoms with Crippen LogP contribution in [0.2, 0.25) is 0 Å². The van der Waals surface area contributed by atoms with Crippen molar-refractivity contribution in [1.82, 2.24) is 4.98 Å². The van der Waals surface area contributed by atoms with Crippen molar-refractivity contribution in [2.24, 2.45) is 5.41 Å². The van der Waals surface area contributed by atoms with Crippen LogP contribution in [0.5, 0.6) is 0 Å². The number of ether oxygens (including phenoxy) is 1. The molecule has 0 amide bonds. The number of nitriles is 1. The second-order valence-electron chi connectivity index (χ2n) is 4.35. The first-order chi connectivity index (χ1) is 6.83. The quantitative estimate of drug-likeness (QED) is 0.766. The van der Waals surface area contributed by atoms with E-state index in [4.69, 9.17) is 4.74 Å². The van der Waals surface area contributed by atoms with Gasteiger partial charge in [0.15, 0.2) is 0 Å². The molecule has 0 spiro atoms. The van der Waals surface area contributed by atoms with E-state index in [1.807, 2.05) is 12.3 Å². The number of nitrogens with one attached hydrogen (secondary N) is 1. The Hall–Kier alpha value is -1.27. The van der Waals surface area contributed by atoms with E-state index in [0.29, 0.717) is 13.2 Å². The molecule has 2 fully saturated rings. The van der Waals surface area contributed by atoms with Gasteiger partial charge in [0.1, 0.15) is 0 Å². The smallest absolute Gasteiger partial charge is 0.0756 e. The molecule has 0 radical (unpaired) electrons. The van der Waals surface area contributed by atoms with Crippen molar-refractivity contribution >= 4 is 0 Å². The highest BCUT2D eigenvalue weighted by atomic mass is 16.5. The van der Waals surface area contributed by atoms with Gasteiger partial charge < -0.3 is 9.72 Å². The minimum Gasteiger partial charge on any atom is -0.379 e. The lowest BCUT2D eigenvalue weighted by Crippen LogP contribution is -2.53. The topological polar surface area (TPSA) is 48.8 Å². The minimum atomic E-state index is -0.143. The number of hydrogen-bond donors (Lipinski definition) is 1. The summed E-state index contributed by atoms with van der Waals surface area (Å²) in [5.41, 5.74) is 0.990. The van der Waals surface area contributed by atoms with Gasteiger partial charge in [-0.05, 0) is 25.0 Å². The standard InChI is InChI=1S/C11H12N2O/c12-6-10(3-4-10)11(7-14-8-11)9-2-1-5-13-9/h1-2,5,13H,3-4,7-8H2. The van der Waals surface area contributed by atoms with Gasteiger partial charge in [-0.1, -0.05) is 0 Å². The largest absolute Gasteiger partial charge is 0.379 e. The fourth-order valence-corrected chi connectivity index (χ4v) is 2.45. The van der Waals surface area contributed by atoms with E-state index in [1.165, 1.54) is 5.69 Å². The molecule has 2 heterocycles. The van der Waals surface area contributed by atoms with E-state index in [0.717, 1.165) is 12.8 Å². The summed E-state index contributed by atoms with van der Waals surface area (Å²) in [5.74, 6) is 0. The number of rotatable bonds is 2. The summed E-state index contributed by atoms with van der Waals surface area (Å²) in [5, 5.41) is 9.24. The molecule has 1 N–H and O–H groups in total. The molecule has 3 heteroatoms. The van der Waals surface area contributed by atoms with E-state index < -0.39 is 0 Å². The number of aromatic amines is 1. The lowest BCUT2D eigenvalue weighted by Gasteiger charge is -2.44. The second kappa shape index (κ2) is 2.40. The van der Waals surface area contributed by atoms with Gasteiger partial charge in [-0.2, -0.15) is 5.26 Å². The molecule has 0 aromatic carbocycles. The Kier molecular flexibility index (Phi) is 1.38. The molecule has 0 bridgehead atoms. The zero-order valence-corrected chi connectivity index (χ0v) is 7.92. The summed E-state index contributed by atoms with van der Waals surface area (Å²) in [6.45, 7) is 1.39. The van der Waals surface area contributed by atoms with E-state index in [9.17, 15) is 5.26 Å². The van der Waals surface area contributed by atoms with Crippen molar-refractivity contribution in [3.05, 3.63) is 24.0 Å². The van der Waals surface area contributed by atoms with Gasteiger partial charge in [0.2, 0.25) is 0 Å². The van der Waals surface area contributed by atoms with Crippen LogP contribution in [0, 0.1) is 16.7 Å². The van der Waals surface area contributed by atoms with Crippen LogP contribution in [-0.4, -0.2) is 18.2 Å². The summed E-state index contributed by atoms with van der Waals surface area (Å²) in [6.07, 6.45) is 3.96. The molecule has 72 valence electrons. The SMILES string of the molecule is N#CC1(C2(c3ccc[nH]3)COC2)CC1. The highest BCUT2D eigenvalue weighted by Gasteiger charge is 2.65. The van der Waals surface area contributed by atoms with Crippen LogP contribution in [0.4, 0.5) is 0 Å². The van der Waals surface area contributed by atoms with Crippen LogP contribution < -0.4 is 0 Å². The maximum Gasteiger partial charge on any atom is 0.0756 e. The molecule has 0 unspecified atom stereocenters. The average molecular weight is 188 g/mol. The van der Waals surface area contributed by atoms with Gasteiger partial charge in [-0.25, -0.2) is 0 Å². The fraction of sp³-hybridized carbons (Fsp3) is 0.545. The van der Waals surface area contributed by atoms with Gasteiger partial charge in [0.05, 0.1) is 30.1 Å². The van der Waals surface area contributed by atoms with Crippen molar-refractivity contribution in [1.29, 1.82) is 5.26 Å². The minimum absolute atomic E-state index is 0.0365. The Morgan fingerprint density at radius 2 is 2.21 bits per heavy atom. The zero-order valence-electron chi connectivity index (χ0n) is 7.92. The van der Waals surface area contributed by atoms with Crippen molar-refractivity contribution in [2.75, 3.05) is 13.2 Å². The van der Waals surface area contributed by atoms with Gasteiger partial charge in [0.25, 0.3) is 0 Å². The molecule has 1 aromatic rings. The number of aromatic nitrogens is 1. The summed E-state index contributed by atoms with van der Waals surface area (Å²) >= 11 is 0. The number of H-pyrrole nitrogens is 1. The summed E-state index contributed by atoms with van der Waals surface area (Å²) in [7, 11) is 0. The molecule has 1 aromatic heterocycles. The molecule has 1 aliphatic heterocycles. The third-order valence-corrected chi connectivity index (χ3v) is 3.69. The highest BCUT2D eigenvalue weighted by Crippen LogP contribution is 2.61. The lowest BCUT2D eigenvalue weighted by molar-refractivity contribution is -0.0886. The number of nitrogens with zero attached hydrogens (tertiary/aromatic N) is 1. The molecule has 14 heavy (non-hydrogen) atoms. The van der Waals surface area contributed by atoms with Crippen LogP contribution in [-0.2, 0) is 10.2 Å². The first kappa shape index (κ1) is 8.07. The molecular formula is C11H12N2O. The second-order valence-corrected chi connectivity index (χ2v) is 4.35. The van der Waals surface area contributed by atoms with Crippen LogP contribution in [0.3, 0.4) is 0 Å². The van der Waals surface area contributed by atoms with Crippen molar-refractivity contribution in [3.8, 4) is 6.07 Å². The Morgan fingerprint density at radius 1 is 1.43 bits per heavy atom. The first-order valence-corrected chi connectivity index (χ1v) is 4.96. The van der Waals surface area contributed by atoms with Gasteiger partial charge in [-0.15, -0.1) is 0 Å². The van der Waals surface area contributed by atoms with Crippen LogP contribution >= 0.6 is 0 Å². The first-order valence-electron chi connectivity index (χ1n) is 4.96. The van der Waals surface area contributed by atoms with Gasteiger partial charge in [-0.3, -0.25) is 0 Å². The molecule has 1 saturated carbocycles. The van der Waals surface area contributed by atoms with Crippen molar-refractivity contribution in [3.63, 3.8) is 0 Å².